The third kappa shape index (κ3) is 7.82. The summed E-state index contributed by atoms with van der Waals surface area (Å²) in [7, 11) is 5.33. The monoisotopic (exact) mass is 521 g/mol. The van der Waals surface area contributed by atoms with Gasteiger partial charge >= 0.3 is 0 Å². The number of hydrogen-bond donors (Lipinski definition) is 2. The lowest BCUT2D eigenvalue weighted by Crippen LogP contribution is -2.50. The van der Waals surface area contributed by atoms with Crippen LogP contribution in [0.15, 0.2) is 35.3 Å². The summed E-state index contributed by atoms with van der Waals surface area (Å²) < 4.78 is 28.4. The Morgan fingerprint density at radius 2 is 1.86 bits per heavy atom. The molecular weight excluding hydrogens is 487 g/mol. The van der Waals surface area contributed by atoms with Crippen molar-refractivity contribution in [2.75, 3.05) is 47.3 Å². The Balaban J connectivity index is 0.00000420. The number of piperidine rings is 1. The van der Waals surface area contributed by atoms with Gasteiger partial charge in [-0.25, -0.2) is 8.78 Å². The molecule has 1 aromatic rings. The van der Waals surface area contributed by atoms with E-state index in [0.717, 1.165) is 32.5 Å². The quantitative estimate of drug-likeness (QED) is 0.250. The van der Waals surface area contributed by atoms with Crippen molar-refractivity contribution in [2.24, 2.45) is 4.99 Å². The number of halogens is 3. The van der Waals surface area contributed by atoms with Crippen LogP contribution in [0.25, 0.3) is 0 Å². The summed E-state index contributed by atoms with van der Waals surface area (Å²) in [6.07, 6.45) is 2.04. The molecule has 1 aromatic carbocycles. The predicted molar refractivity (Wildman–Crippen MR) is 127 cm³/mol. The Bertz CT molecular complexity index is 667. The van der Waals surface area contributed by atoms with E-state index in [9.17, 15) is 8.78 Å². The Morgan fingerprint density at radius 3 is 2.34 bits per heavy atom. The summed E-state index contributed by atoms with van der Waals surface area (Å²) in [5, 5.41) is 6.67. The van der Waals surface area contributed by atoms with Crippen molar-refractivity contribution in [2.45, 2.75) is 31.8 Å². The highest BCUT2D eigenvalue weighted by Gasteiger charge is 2.24. The Kier molecular flexibility index (Phi) is 11.1. The van der Waals surface area contributed by atoms with E-state index in [-0.39, 0.29) is 29.5 Å². The smallest absolute Gasteiger partial charge is 0.191 e. The second kappa shape index (κ2) is 12.4. The van der Waals surface area contributed by atoms with Crippen molar-refractivity contribution in [1.29, 1.82) is 0 Å². The molecule has 2 rings (SSSR count). The third-order valence-electron chi connectivity index (χ3n) is 5.06. The number of likely N-dealkylation sites (N-methyl/N-ethyl adjacent to an activating group) is 1. The second-order valence-electron chi connectivity index (χ2n) is 7.72. The molecule has 1 heterocycles. The van der Waals surface area contributed by atoms with Crippen molar-refractivity contribution in [3.05, 3.63) is 47.5 Å². The number of hydrogen-bond acceptors (Lipinski definition) is 3. The molecule has 0 aromatic heterocycles. The molecule has 29 heavy (non-hydrogen) atoms. The predicted octanol–water partition coefficient (Wildman–Crippen LogP) is 3.39. The van der Waals surface area contributed by atoms with Gasteiger partial charge in [-0.2, -0.15) is 0 Å². The number of aliphatic imine (C=N–C) groups is 1. The van der Waals surface area contributed by atoms with Crippen molar-refractivity contribution in [3.63, 3.8) is 0 Å². The first-order valence-electron chi connectivity index (χ1n) is 9.76. The molecule has 0 amide bonds. The van der Waals surface area contributed by atoms with Gasteiger partial charge in [0.25, 0.3) is 0 Å². The molecule has 5 nitrogen and oxygen atoms in total. The lowest BCUT2D eigenvalue weighted by Gasteiger charge is -2.33. The summed E-state index contributed by atoms with van der Waals surface area (Å²) in [5.41, 5.74) is 1.25. The van der Waals surface area contributed by atoms with Crippen LogP contribution < -0.4 is 10.6 Å². The minimum absolute atomic E-state index is 0. The highest BCUT2D eigenvalue weighted by Crippen LogP contribution is 2.23. The average Bonchev–Trinajstić information content (AvgIpc) is 2.63. The van der Waals surface area contributed by atoms with E-state index in [0.29, 0.717) is 18.5 Å². The summed E-state index contributed by atoms with van der Waals surface area (Å²) in [6.45, 7) is 9.35. The van der Waals surface area contributed by atoms with Crippen LogP contribution >= 0.6 is 24.0 Å². The van der Waals surface area contributed by atoms with Crippen LogP contribution in [0.2, 0.25) is 0 Å². The van der Waals surface area contributed by atoms with E-state index in [1.165, 1.54) is 23.8 Å². The van der Waals surface area contributed by atoms with E-state index < -0.39 is 17.7 Å². The highest BCUT2D eigenvalue weighted by molar-refractivity contribution is 14.0. The summed E-state index contributed by atoms with van der Waals surface area (Å²) in [6, 6.07) is 3.85. The molecule has 0 spiro atoms. The van der Waals surface area contributed by atoms with Gasteiger partial charge < -0.3 is 15.5 Å². The molecule has 0 aliphatic carbocycles. The van der Waals surface area contributed by atoms with Crippen LogP contribution in [-0.2, 0) is 0 Å². The normalized spacial score (nSPS) is 17.0. The van der Waals surface area contributed by atoms with Crippen LogP contribution in [0.1, 0.15) is 31.4 Å². The molecule has 1 saturated heterocycles. The van der Waals surface area contributed by atoms with Crippen molar-refractivity contribution in [1.82, 2.24) is 20.4 Å². The van der Waals surface area contributed by atoms with E-state index >= 15 is 0 Å². The standard InChI is InChI=1S/C21H33F2N5.HI/c1-15(2)14-28-11-9-16(10-12-28)26-21(24-3)25-13-19(27(4)5)20-17(22)7-6-8-18(20)23;/h6-8,16,19H,1,9-14H2,2-5H3,(H2,24,25,26);1H. The molecule has 0 bridgehead atoms. The maximum absolute atomic E-state index is 14.2. The Hall–Kier alpha value is -1.26. The Labute approximate surface area is 190 Å². The lowest BCUT2D eigenvalue weighted by molar-refractivity contribution is 0.220. The van der Waals surface area contributed by atoms with Gasteiger partial charge in [0.1, 0.15) is 11.6 Å². The molecule has 1 aliphatic rings. The summed E-state index contributed by atoms with van der Waals surface area (Å²) >= 11 is 0. The van der Waals surface area contributed by atoms with Crippen LogP contribution in [0.4, 0.5) is 8.78 Å². The van der Waals surface area contributed by atoms with Gasteiger partial charge in [0.15, 0.2) is 5.96 Å². The first kappa shape index (κ1) is 25.8. The first-order valence-corrected chi connectivity index (χ1v) is 9.76. The SMILES string of the molecule is C=C(C)CN1CCC(NC(=NC)NCC(c2c(F)cccc2F)N(C)C)CC1.I. The van der Waals surface area contributed by atoms with Gasteiger partial charge in [-0.1, -0.05) is 18.2 Å². The molecule has 2 N–H and O–H groups in total. The van der Waals surface area contributed by atoms with Gasteiger partial charge in [-0.3, -0.25) is 9.89 Å². The van der Waals surface area contributed by atoms with Crippen molar-refractivity contribution >= 4 is 29.9 Å². The van der Waals surface area contributed by atoms with Crippen LogP contribution in [-0.4, -0.2) is 69.1 Å². The molecule has 1 unspecified atom stereocenters. The number of nitrogens with zero attached hydrogens (tertiary/aromatic N) is 3. The number of likely N-dealkylation sites (tertiary alicyclic amines) is 1. The fourth-order valence-corrected chi connectivity index (χ4v) is 3.57. The molecule has 0 saturated carbocycles. The third-order valence-corrected chi connectivity index (χ3v) is 5.06. The molecule has 8 heteroatoms. The summed E-state index contributed by atoms with van der Waals surface area (Å²) in [5.74, 6) is -0.413. The minimum Gasteiger partial charge on any atom is -0.354 e. The fourth-order valence-electron chi connectivity index (χ4n) is 3.57. The molecule has 0 radical (unpaired) electrons. The van der Waals surface area contributed by atoms with E-state index in [1.54, 1.807) is 11.9 Å². The van der Waals surface area contributed by atoms with Gasteiger partial charge in [-0.05, 0) is 46.0 Å². The van der Waals surface area contributed by atoms with Gasteiger partial charge in [0.2, 0.25) is 0 Å². The van der Waals surface area contributed by atoms with E-state index in [2.05, 4.69) is 34.0 Å². The van der Waals surface area contributed by atoms with E-state index in [1.807, 2.05) is 14.1 Å². The van der Waals surface area contributed by atoms with E-state index in [4.69, 9.17) is 0 Å². The van der Waals surface area contributed by atoms with Crippen molar-refractivity contribution in [3.8, 4) is 0 Å². The van der Waals surface area contributed by atoms with Crippen molar-refractivity contribution < 1.29 is 8.78 Å². The minimum atomic E-state index is -0.534. The molecule has 1 aliphatic heterocycles. The second-order valence-corrected chi connectivity index (χ2v) is 7.72. The van der Waals surface area contributed by atoms with Crippen LogP contribution in [0, 0.1) is 11.6 Å². The van der Waals surface area contributed by atoms with Crippen LogP contribution in [0.3, 0.4) is 0 Å². The first-order chi connectivity index (χ1) is 13.3. The highest BCUT2D eigenvalue weighted by atomic mass is 127. The van der Waals surface area contributed by atoms with Gasteiger partial charge in [0.05, 0.1) is 6.04 Å². The zero-order valence-electron chi connectivity index (χ0n) is 17.8. The number of nitrogens with one attached hydrogen (secondary N) is 2. The fraction of sp³-hybridized carbons (Fsp3) is 0.571. The zero-order valence-corrected chi connectivity index (χ0v) is 20.2. The van der Waals surface area contributed by atoms with Gasteiger partial charge in [-0.15, -0.1) is 24.0 Å². The molecular formula is C21H34F2IN5. The Morgan fingerprint density at radius 1 is 1.28 bits per heavy atom. The molecule has 164 valence electrons. The number of rotatable bonds is 7. The molecule has 1 fully saturated rings. The largest absolute Gasteiger partial charge is 0.354 e. The maximum atomic E-state index is 14.2. The topological polar surface area (TPSA) is 42.9 Å². The molecule has 1 atom stereocenters. The lowest BCUT2D eigenvalue weighted by atomic mass is 10.0. The number of benzene rings is 1. The maximum Gasteiger partial charge on any atom is 0.191 e. The summed E-state index contributed by atoms with van der Waals surface area (Å²) in [4.78, 5) is 8.49. The number of guanidine groups is 1. The average molecular weight is 521 g/mol. The van der Waals surface area contributed by atoms with Crippen LogP contribution in [0.5, 0.6) is 0 Å². The zero-order chi connectivity index (χ0) is 20.7. The van der Waals surface area contributed by atoms with Gasteiger partial charge in [0, 0.05) is 44.8 Å².